The molecule has 1 atom stereocenters. The van der Waals surface area contributed by atoms with E-state index in [-0.39, 0.29) is 24.4 Å². The number of hydrogen-bond donors (Lipinski definition) is 1. The smallest absolute Gasteiger partial charge is 0.259 e. The van der Waals surface area contributed by atoms with Crippen molar-refractivity contribution in [2.24, 2.45) is 0 Å². The molecule has 3 rings (SSSR count). The molecule has 0 aliphatic carbocycles. The first-order chi connectivity index (χ1) is 13.9. The van der Waals surface area contributed by atoms with E-state index in [0.717, 1.165) is 0 Å². The molecule has 0 spiro atoms. The van der Waals surface area contributed by atoms with Gasteiger partial charge in [-0.1, -0.05) is 41.4 Å². The molecule has 2 aromatic heterocycles. The number of hydrogen-bond acceptors (Lipinski definition) is 4. The molecule has 6 nitrogen and oxygen atoms in total. The van der Waals surface area contributed by atoms with Crippen LogP contribution in [0.1, 0.15) is 27.6 Å². The lowest BCUT2D eigenvalue weighted by atomic mass is 10.1. The molecule has 1 N–H and O–H groups in total. The maximum atomic E-state index is 13.1. The number of anilines is 1. The van der Waals surface area contributed by atoms with Crippen molar-refractivity contribution in [1.29, 1.82) is 0 Å². The van der Waals surface area contributed by atoms with Gasteiger partial charge in [0.15, 0.2) is 0 Å². The Morgan fingerprint density at radius 3 is 2.07 bits per heavy atom. The Morgan fingerprint density at radius 1 is 0.931 bits per heavy atom. The number of para-hydroxylation sites is 1. The average Bonchev–Trinajstić information content (AvgIpc) is 2.73. The van der Waals surface area contributed by atoms with Crippen LogP contribution in [0.15, 0.2) is 67.0 Å². The van der Waals surface area contributed by atoms with Crippen molar-refractivity contribution in [3.63, 3.8) is 0 Å². The van der Waals surface area contributed by atoms with Crippen LogP contribution in [0, 0.1) is 0 Å². The van der Waals surface area contributed by atoms with Crippen LogP contribution in [-0.2, 0) is 0 Å². The van der Waals surface area contributed by atoms with Gasteiger partial charge in [0.1, 0.15) is 10.3 Å². The number of amides is 2. The lowest BCUT2D eigenvalue weighted by Crippen LogP contribution is -2.44. The van der Waals surface area contributed by atoms with Crippen molar-refractivity contribution in [1.82, 2.24) is 15.3 Å². The summed E-state index contributed by atoms with van der Waals surface area (Å²) in [4.78, 5) is 35.0. The Labute approximate surface area is 178 Å². The minimum Gasteiger partial charge on any atom is -0.348 e. The zero-order valence-electron chi connectivity index (χ0n) is 15.5. The third-order valence-corrected chi connectivity index (χ3v) is 4.56. The monoisotopic (exact) mass is 428 g/mol. The summed E-state index contributed by atoms with van der Waals surface area (Å²) in [6.45, 7) is 2.09. The van der Waals surface area contributed by atoms with Crippen LogP contribution < -0.4 is 10.2 Å². The molecule has 2 amide bonds. The van der Waals surface area contributed by atoms with Gasteiger partial charge in [-0.15, -0.1) is 0 Å². The summed E-state index contributed by atoms with van der Waals surface area (Å²) in [5.74, 6) is -0.537. The summed E-state index contributed by atoms with van der Waals surface area (Å²) in [6, 6.07) is 15.2. The molecule has 0 saturated carbocycles. The molecule has 29 heavy (non-hydrogen) atoms. The molecule has 0 saturated heterocycles. The summed E-state index contributed by atoms with van der Waals surface area (Å²) in [6.07, 6.45) is 2.84. The zero-order chi connectivity index (χ0) is 20.8. The number of nitrogens with zero attached hydrogens (tertiary/aromatic N) is 3. The topological polar surface area (TPSA) is 75.2 Å². The molecule has 3 aromatic rings. The molecule has 1 unspecified atom stereocenters. The Morgan fingerprint density at radius 2 is 1.52 bits per heavy atom. The summed E-state index contributed by atoms with van der Waals surface area (Å²) >= 11 is 11.6. The predicted octanol–water partition coefficient (Wildman–Crippen LogP) is 4.25. The minimum atomic E-state index is -0.331. The lowest BCUT2D eigenvalue weighted by molar-refractivity contribution is 0.0927. The minimum absolute atomic E-state index is 0.241. The third kappa shape index (κ3) is 5.53. The summed E-state index contributed by atoms with van der Waals surface area (Å²) in [5, 5.41) is 3.50. The number of carbonyl (C=O) groups excluding carboxylic acids is 2. The molecule has 2 heterocycles. The number of carbonyl (C=O) groups is 2. The van der Waals surface area contributed by atoms with E-state index < -0.39 is 0 Å². The normalized spacial score (nSPS) is 11.6. The zero-order valence-corrected chi connectivity index (χ0v) is 17.1. The molecule has 0 radical (unpaired) electrons. The van der Waals surface area contributed by atoms with Crippen LogP contribution in [0.3, 0.4) is 0 Å². The quantitative estimate of drug-likeness (QED) is 0.595. The van der Waals surface area contributed by atoms with Gasteiger partial charge >= 0.3 is 0 Å². The van der Waals surface area contributed by atoms with E-state index in [1.165, 1.54) is 12.4 Å². The standard InChI is InChI=1S/C21H18Cl2N4O2/c1-14(26-20(28)15-7-9-18(22)24-11-15)13-27(17-5-3-2-4-6-17)21(29)16-8-10-19(23)25-12-16/h2-12,14H,13H2,1H3,(H,26,28). The van der Waals surface area contributed by atoms with Gasteiger partial charge in [0.05, 0.1) is 11.1 Å². The van der Waals surface area contributed by atoms with Crippen LogP contribution in [0.2, 0.25) is 10.3 Å². The lowest BCUT2D eigenvalue weighted by Gasteiger charge is -2.26. The SMILES string of the molecule is CC(CN(C(=O)c1ccc(Cl)nc1)c1ccccc1)NC(=O)c1ccc(Cl)nc1. The predicted molar refractivity (Wildman–Crippen MR) is 114 cm³/mol. The summed E-state index contributed by atoms with van der Waals surface area (Å²) < 4.78 is 0. The fourth-order valence-electron chi connectivity index (χ4n) is 2.71. The van der Waals surface area contributed by atoms with Crippen molar-refractivity contribution in [3.8, 4) is 0 Å². The van der Waals surface area contributed by atoms with E-state index in [9.17, 15) is 9.59 Å². The second-order valence-electron chi connectivity index (χ2n) is 6.37. The molecule has 8 heteroatoms. The number of nitrogens with one attached hydrogen (secondary N) is 1. The van der Waals surface area contributed by atoms with Crippen molar-refractivity contribution in [2.45, 2.75) is 13.0 Å². The first kappa shape index (κ1) is 20.8. The van der Waals surface area contributed by atoms with Gasteiger partial charge in [-0.2, -0.15) is 0 Å². The van der Waals surface area contributed by atoms with Crippen molar-refractivity contribution < 1.29 is 9.59 Å². The highest BCUT2D eigenvalue weighted by Gasteiger charge is 2.21. The third-order valence-electron chi connectivity index (χ3n) is 4.11. The number of rotatable bonds is 6. The molecular formula is C21H18Cl2N4O2. The van der Waals surface area contributed by atoms with E-state index in [2.05, 4.69) is 15.3 Å². The number of pyridine rings is 2. The van der Waals surface area contributed by atoms with E-state index in [1.54, 1.807) is 29.2 Å². The second kappa shape index (κ2) is 9.49. The van der Waals surface area contributed by atoms with Gasteiger partial charge in [0.2, 0.25) is 0 Å². The van der Waals surface area contributed by atoms with Gasteiger partial charge < -0.3 is 10.2 Å². The molecule has 0 bridgehead atoms. The number of aromatic nitrogens is 2. The van der Waals surface area contributed by atoms with Crippen LogP contribution in [-0.4, -0.2) is 34.4 Å². The molecule has 0 fully saturated rings. The van der Waals surface area contributed by atoms with Crippen LogP contribution >= 0.6 is 23.2 Å². The number of halogens is 2. The van der Waals surface area contributed by atoms with E-state index in [0.29, 0.717) is 27.1 Å². The Kier molecular flexibility index (Phi) is 6.80. The fourth-order valence-corrected chi connectivity index (χ4v) is 2.93. The highest BCUT2D eigenvalue weighted by Crippen LogP contribution is 2.18. The maximum Gasteiger partial charge on any atom is 0.259 e. The molecule has 1 aromatic carbocycles. The fraction of sp³-hybridized carbons (Fsp3) is 0.143. The van der Waals surface area contributed by atoms with Gasteiger partial charge in [0.25, 0.3) is 11.8 Å². The Bertz CT molecular complexity index is 980. The van der Waals surface area contributed by atoms with Crippen molar-refractivity contribution in [3.05, 3.63) is 88.4 Å². The summed E-state index contributed by atoms with van der Waals surface area (Å²) in [5.41, 5.74) is 1.50. The largest absolute Gasteiger partial charge is 0.348 e. The maximum absolute atomic E-state index is 13.1. The van der Waals surface area contributed by atoms with Crippen molar-refractivity contribution >= 4 is 40.7 Å². The van der Waals surface area contributed by atoms with E-state index in [4.69, 9.17) is 23.2 Å². The molecular weight excluding hydrogens is 411 g/mol. The second-order valence-corrected chi connectivity index (χ2v) is 7.14. The van der Waals surface area contributed by atoms with Crippen LogP contribution in [0.4, 0.5) is 5.69 Å². The Hall–Kier alpha value is -2.96. The van der Waals surface area contributed by atoms with E-state index in [1.807, 2.05) is 37.3 Å². The van der Waals surface area contributed by atoms with Gasteiger partial charge in [-0.3, -0.25) is 9.59 Å². The highest BCUT2D eigenvalue weighted by molar-refractivity contribution is 6.29. The van der Waals surface area contributed by atoms with Crippen LogP contribution in [0.25, 0.3) is 0 Å². The van der Waals surface area contributed by atoms with Gasteiger partial charge in [0, 0.05) is 30.7 Å². The van der Waals surface area contributed by atoms with Gasteiger partial charge in [-0.25, -0.2) is 9.97 Å². The highest BCUT2D eigenvalue weighted by atomic mass is 35.5. The van der Waals surface area contributed by atoms with Crippen molar-refractivity contribution in [2.75, 3.05) is 11.4 Å². The summed E-state index contributed by atoms with van der Waals surface area (Å²) in [7, 11) is 0. The molecule has 148 valence electrons. The molecule has 0 aliphatic heterocycles. The van der Waals surface area contributed by atoms with E-state index >= 15 is 0 Å². The van der Waals surface area contributed by atoms with Gasteiger partial charge in [-0.05, 0) is 43.3 Å². The van der Waals surface area contributed by atoms with Crippen LogP contribution in [0.5, 0.6) is 0 Å². The number of benzene rings is 1. The first-order valence-electron chi connectivity index (χ1n) is 8.85. The molecule has 0 aliphatic rings. The average molecular weight is 429 g/mol. The first-order valence-corrected chi connectivity index (χ1v) is 9.60. The Balaban J connectivity index is 1.77.